The van der Waals surface area contributed by atoms with Crippen LogP contribution in [0.25, 0.3) is 11.3 Å². The predicted octanol–water partition coefficient (Wildman–Crippen LogP) is 6.88. The molecular weight excluding hydrogens is 445 g/mol. The maximum absolute atomic E-state index is 12.2. The number of halogens is 2. The van der Waals surface area contributed by atoms with E-state index in [0.29, 0.717) is 22.6 Å². The Morgan fingerprint density at radius 3 is 2.72 bits per heavy atom. The maximum Gasteiger partial charge on any atom is 0.414 e. The van der Waals surface area contributed by atoms with Gasteiger partial charge in [0, 0.05) is 17.7 Å². The van der Waals surface area contributed by atoms with Gasteiger partial charge < -0.3 is 4.74 Å². The quantitative estimate of drug-likeness (QED) is 0.454. The zero-order valence-corrected chi connectivity index (χ0v) is 19.0. The summed E-state index contributed by atoms with van der Waals surface area (Å²) in [4.78, 5) is 21.3. The minimum Gasteiger partial charge on any atom is -0.449 e. The number of nitrogens with zero attached hydrogens (tertiary/aromatic N) is 2. The van der Waals surface area contributed by atoms with Gasteiger partial charge in [0.1, 0.15) is 0 Å². The summed E-state index contributed by atoms with van der Waals surface area (Å²) in [5.74, 6) is 0.839. The van der Waals surface area contributed by atoms with E-state index in [4.69, 9.17) is 27.9 Å². The molecule has 0 radical (unpaired) electrons. The summed E-state index contributed by atoms with van der Waals surface area (Å²) in [6, 6.07) is 13.9. The van der Waals surface area contributed by atoms with Crippen LogP contribution >= 0.6 is 23.2 Å². The molecule has 0 saturated heterocycles. The van der Waals surface area contributed by atoms with Gasteiger partial charge in [0.05, 0.1) is 22.3 Å². The van der Waals surface area contributed by atoms with Crippen molar-refractivity contribution in [3.63, 3.8) is 0 Å². The number of fused-ring (bicyclic) bond motifs is 3. The fourth-order valence-corrected chi connectivity index (χ4v) is 5.03. The molecule has 1 atom stereocenters. The van der Waals surface area contributed by atoms with Crippen molar-refractivity contribution in [1.29, 1.82) is 0 Å². The molecule has 2 aliphatic carbocycles. The second kappa shape index (κ2) is 9.08. The lowest BCUT2D eigenvalue weighted by Crippen LogP contribution is -2.20. The molecule has 1 aromatic heterocycles. The first-order valence-electron chi connectivity index (χ1n) is 10.9. The normalized spacial score (nSPS) is 17.5. The zero-order chi connectivity index (χ0) is 22.1. The number of hydrogen-bond acceptors (Lipinski definition) is 4. The van der Waals surface area contributed by atoms with Crippen LogP contribution in [0.2, 0.25) is 10.0 Å². The Hall–Kier alpha value is -2.63. The van der Waals surface area contributed by atoms with Gasteiger partial charge in [-0.3, -0.25) is 5.32 Å². The molecule has 1 unspecified atom stereocenters. The Morgan fingerprint density at radius 1 is 1.09 bits per heavy atom. The maximum atomic E-state index is 12.2. The third-order valence-electron chi connectivity index (χ3n) is 6.36. The number of carbonyl (C=O) groups excluding carboxylic acids is 1. The number of carbonyl (C=O) groups is 1. The van der Waals surface area contributed by atoms with E-state index in [1.165, 1.54) is 12.8 Å². The highest BCUT2D eigenvalue weighted by molar-refractivity contribution is 6.42. The monoisotopic (exact) mass is 467 g/mol. The van der Waals surface area contributed by atoms with Crippen LogP contribution in [0.3, 0.4) is 0 Å². The van der Waals surface area contributed by atoms with Crippen LogP contribution in [0, 0.1) is 5.92 Å². The fraction of sp³-hybridized carbons (Fsp3) is 0.320. The highest BCUT2D eigenvalue weighted by Gasteiger charge is 2.28. The lowest BCUT2D eigenvalue weighted by atomic mass is 9.78. The third-order valence-corrected chi connectivity index (χ3v) is 7.10. The molecule has 2 aliphatic rings. The van der Waals surface area contributed by atoms with Gasteiger partial charge in [-0.05, 0) is 54.0 Å². The number of hydrogen-bond donors (Lipinski definition) is 1. The number of ether oxygens (including phenoxy) is 1. The van der Waals surface area contributed by atoms with E-state index < -0.39 is 6.09 Å². The third kappa shape index (κ3) is 4.32. The van der Waals surface area contributed by atoms with Crippen LogP contribution in [-0.4, -0.2) is 22.7 Å². The van der Waals surface area contributed by atoms with Crippen molar-refractivity contribution in [1.82, 2.24) is 9.97 Å². The molecule has 3 aromatic rings. The predicted molar refractivity (Wildman–Crippen MR) is 126 cm³/mol. The van der Waals surface area contributed by atoms with Crippen molar-refractivity contribution >= 4 is 35.2 Å². The average molecular weight is 468 g/mol. The second-order valence-electron chi connectivity index (χ2n) is 8.46. The van der Waals surface area contributed by atoms with Crippen molar-refractivity contribution in [2.45, 2.75) is 38.0 Å². The molecule has 0 aliphatic heterocycles. The zero-order valence-electron chi connectivity index (χ0n) is 17.5. The Kier molecular flexibility index (Phi) is 6.03. The summed E-state index contributed by atoms with van der Waals surface area (Å²) in [5.41, 5.74) is 5.12. The molecule has 5 rings (SSSR count). The molecule has 164 valence electrons. The summed E-state index contributed by atoms with van der Waals surface area (Å²) in [6.45, 7) is 0.449. The first kappa shape index (κ1) is 21.2. The van der Waals surface area contributed by atoms with Gasteiger partial charge in [0.15, 0.2) is 0 Å². The van der Waals surface area contributed by atoms with Crippen LogP contribution in [0.4, 0.5) is 10.7 Å². The van der Waals surface area contributed by atoms with Crippen molar-refractivity contribution in [3.8, 4) is 11.3 Å². The van der Waals surface area contributed by atoms with E-state index in [-0.39, 0.29) is 11.9 Å². The van der Waals surface area contributed by atoms with Gasteiger partial charge in [-0.15, -0.1) is 0 Å². The highest BCUT2D eigenvalue weighted by atomic mass is 35.5. The highest BCUT2D eigenvalue weighted by Crippen LogP contribution is 2.42. The number of nitrogens with one attached hydrogen (secondary N) is 1. The molecular formula is C25H23Cl2N3O2. The van der Waals surface area contributed by atoms with Crippen LogP contribution < -0.4 is 5.32 Å². The summed E-state index contributed by atoms with van der Waals surface area (Å²) in [7, 11) is 0. The van der Waals surface area contributed by atoms with Gasteiger partial charge >= 0.3 is 6.09 Å². The Labute approximate surface area is 197 Å². The molecule has 1 heterocycles. The molecule has 1 amide bonds. The number of benzene rings is 2. The first-order valence-corrected chi connectivity index (χ1v) is 11.7. The Morgan fingerprint density at radius 2 is 1.91 bits per heavy atom. The molecule has 0 spiro atoms. The molecule has 2 aromatic carbocycles. The van der Waals surface area contributed by atoms with E-state index >= 15 is 0 Å². The minimum absolute atomic E-state index is 0.118. The van der Waals surface area contributed by atoms with Crippen LogP contribution in [-0.2, 0) is 11.2 Å². The van der Waals surface area contributed by atoms with E-state index in [9.17, 15) is 4.79 Å². The van der Waals surface area contributed by atoms with E-state index in [1.54, 1.807) is 6.20 Å². The summed E-state index contributed by atoms with van der Waals surface area (Å²) < 4.78 is 5.39. The van der Waals surface area contributed by atoms with E-state index in [0.717, 1.165) is 47.2 Å². The minimum atomic E-state index is -0.505. The topological polar surface area (TPSA) is 64.1 Å². The molecule has 1 fully saturated rings. The lowest BCUT2D eigenvalue weighted by Gasteiger charge is -2.27. The number of anilines is 1. The average Bonchev–Trinajstić information content (AvgIpc) is 3.33. The van der Waals surface area contributed by atoms with Crippen LogP contribution in [0.5, 0.6) is 0 Å². The fourth-order valence-electron chi connectivity index (χ4n) is 4.72. The largest absolute Gasteiger partial charge is 0.449 e. The van der Waals surface area contributed by atoms with Crippen LogP contribution in [0.1, 0.15) is 48.3 Å². The van der Waals surface area contributed by atoms with Gasteiger partial charge in [0.25, 0.3) is 0 Å². The SMILES string of the molecule is O=C(Nc1ncc2c(n1)-c1ccccc1C(c1ccc(Cl)c(Cl)c1)C2)OCC1CCCC1. The summed E-state index contributed by atoms with van der Waals surface area (Å²) >= 11 is 12.4. The molecule has 7 heteroatoms. The van der Waals surface area contributed by atoms with Gasteiger partial charge in [-0.25, -0.2) is 14.8 Å². The van der Waals surface area contributed by atoms with E-state index in [1.807, 2.05) is 36.4 Å². The molecule has 1 N–H and O–H groups in total. The van der Waals surface area contributed by atoms with Gasteiger partial charge in [0.2, 0.25) is 5.95 Å². The molecule has 5 nitrogen and oxygen atoms in total. The molecule has 0 bridgehead atoms. The number of aromatic nitrogens is 2. The second-order valence-corrected chi connectivity index (χ2v) is 9.27. The lowest BCUT2D eigenvalue weighted by molar-refractivity contribution is 0.141. The van der Waals surface area contributed by atoms with Crippen molar-refractivity contribution in [2.75, 3.05) is 11.9 Å². The van der Waals surface area contributed by atoms with Crippen molar-refractivity contribution in [2.24, 2.45) is 5.92 Å². The Bertz CT molecular complexity index is 1160. The summed E-state index contributed by atoms with van der Waals surface area (Å²) in [5, 5.41) is 3.77. The Balaban J connectivity index is 1.39. The summed E-state index contributed by atoms with van der Waals surface area (Å²) in [6.07, 6.45) is 6.69. The molecule has 32 heavy (non-hydrogen) atoms. The van der Waals surface area contributed by atoms with E-state index in [2.05, 4.69) is 21.4 Å². The standard InChI is InChI=1S/C25H23Cl2N3O2/c26-21-10-9-16(12-22(21)27)20-11-17-13-28-24(29-23(17)19-8-4-3-7-18(19)20)30-25(31)32-14-15-5-1-2-6-15/h3-4,7-10,12-13,15,20H,1-2,5-6,11,14H2,(H,28,29,30,31). The number of amides is 1. The van der Waals surface area contributed by atoms with Crippen molar-refractivity contribution in [3.05, 3.63) is 75.4 Å². The number of rotatable bonds is 4. The van der Waals surface area contributed by atoms with Gasteiger partial charge in [-0.2, -0.15) is 0 Å². The van der Waals surface area contributed by atoms with Crippen LogP contribution in [0.15, 0.2) is 48.7 Å². The first-order chi connectivity index (χ1) is 15.6. The smallest absolute Gasteiger partial charge is 0.414 e. The van der Waals surface area contributed by atoms with Gasteiger partial charge in [-0.1, -0.05) is 66.4 Å². The molecule has 1 saturated carbocycles. The van der Waals surface area contributed by atoms with Crippen molar-refractivity contribution < 1.29 is 9.53 Å².